The van der Waals surface area contributed by atoms with Crippen molar-refractivity contribution in [1.82, 2.24) is 4.90 Å². The summed E-state index contributed by atoms with van der Waals surface area (Å²) in [6.45, 7) is 3.14. The summed E-state index contributed by atoms with van der Waals surface area (Å²) in [5.74, 6) is 2.47. The number of carbonyl (C=O) groups excluding carboxylic acids is 1. The maximum absolute atomic E-state index is 12.6. The number of amides is 1. The predicted molar refractivity (Wildman–Crippen MR) is 120 cm³/mol. The van der Waals surface area contributed by atoms with Crippen molar-refractivity contribution < 1.29 is 4.79 Å². The molecule has 1 saturated heterocycles. The van der Waals surface area contributed by atoms with Gasteiger partial charge in [0.25, 0.3) is 0 Å². The molecular formula is C24H26N2OS. The number of para-hydroxylation sites is 1. The van der Waals surface area contributed by atoms with Crippen LogP contribution in [0.2, 0.25) is 0 Å². The molecule has 0 unspecified atom stereocenters. The fourth-order valence-electron chi connectivity index (χ4n) is 3.65. The van der Waals surface area contributed by atoms with Gasteiger partial charge >= 0.3 is 0 Å². The standard InChI is InChI=1S/C24H26N2OS/c27-24(12-10-19-9-11-20-5-1-2-6-21(20)17-19)25-23-8-4-3-7-22(23)18-26-13-15-28-16-14-26/h1-9,11,17H,10,12-16,18H2,(H,25,27). The summed E-state index contributed by atoms with van der Waals surface area (Å²) < 4.78 is 0. The fourth-order valence-corrected chi connectivity index (χ4v) is 4.62. The first-order valence-corrected chi connectivity index (χ1v) is 11.1. The number of fused-ring (bicyclic) bond motifs is 1. The Labute approximate surface area is 171 Å². The van der Waals surface area contributed by atoms with E-state index < -0.39 is 0 Å². The molecule has 1 N–H and O–H groups in total. The number of thioether (sulfide) groups is 1. The first kappa shape index (κ1) is 19.0. The highest BCUT2D eigenvalue weighted by Gasteiger charge is 2.13. The highest BCUT2D eigenvalue weighted by atomic mass is 32.2. The summed E-state index contributed by atoms with van der Waals surface area (Å²) >= 11 is 2.02. The number of aryl methyl sites for hydroxylation is 1. The van der Waals surface area contributed by atoms with Crippen molar-refractivity contribution in [3.63, 3.8) is 0 Å². The fraction of sp³-hybridized carbons (Fsp3) is 0.292. The summed E-state index contributed by atoms with van der Waals surface area (Å²) in [6, 6.07) is 23.0. The van der Waals surface area contributed by atoms with Gasteiger partial charge in [-0.05, 0) is 34.4 Å². The molecule has 0 spiro atoms. The van der Waals surface area contributed by atoms with Crippen LogP contribution in [0.4, 0.5) is 5.69 Å². The number of nitrogens with one attached hydrogen (secondary N) is 1. The number of benzene rings is 3. The molecule has 1 aliphatic rings. The normalized spacial score (nSPS) is 14.9. The van der Waals surface area contributed by atoms with E-state index in [9.17, 15) is 4.79 Å². The summed E-state index contributed by atoms with van der Waals surface area (Å²) in [5, 5.41) is 5.60. The lowest BCUT2D eigenvalue weighted by Crippen LogP contribution is -2.32. The maximum atomic E-state index is 12.6. The zero-order chi connectivity index (χ0) is 19.2. The third-order valence-electron chi connectivity index (χ3n) is 5.24. The lowest BCUT2D eigenvalue weighted by atomic mass is 10.0. The third-order valence-corrected chi connectivity index (χ3v) is 6.19. The van der Waals surface area contributed by atoms with E-state index in [0.717, 1.165) is 31.7 Å². The Hall–Kier alpha value is -2.30. The van der Waals surface area contributed by atoms with Gasteiger partial charge in [0.15, 0.2) is 0 Å². The van der Waals surface area contributed by atoms with Gasteiger partial charge in [-0.25, -0.2) is 0 Å². The first-order valence-electron chi connectivity index (χ1n) is 9.93. The molecule has 0 radical (unpaired) electrons. The van der Waals surface area contributed by atoms with Crippen LogP contribution in [0.25, 0.3) is 10.8 Å². The van der Waals surface area contributed by atoms with E-state index >= 15 is 0 Å². The number of hydrogen-bond donors (Lipinski definition) is 1. The number of hydrogen-bond acceptors (Lipinski definition) is 3. The SMILES string of the molecule is O=C(CCc1ccc2ccccc2c1)Nc1ccccc1CN1CCSCC1. The molecule has 4 rings (SSSR count). The van der Waals surface area contributed by atoms with E-state index in [4.69, 9.17) is 0 Å². The summed E-state index contributed by atoms with van der Waals surface area (Å²) in [5.41, 5.74) is 3.35. The van der Waals surface area contributed by atoms with Crippen LogP contribution in [0.3, 0.4) is 0 Å². The highest BCUT2D eigenvalue weighted by Crippen LogP contribution is 2.21. The van der Waals surface area contributed by atoms with Gasteiger partial charge in [0, 0.05) is 43.2 Å². The Kier molecular flexibility index (Phi) is 6.30. The largest absolute Gasteiger partial charge is 0.326 e. The number of nitrogens with zero attached hydrogens (tertiary/aromatic N) is 1. The van der Waals surface area contributed by atoms with Crippen molar-refractivity contribution in [3.05, 3.63) is 77.9 Å². The third kappa shape index (κ3) is 4.94. The molecule has 3 aromatic carbocycles. The Bertz CT molecular complexity index is 950. The van der Waals surface area contributed by atoms with Crippen LogP contribution in [0.1, 0.15) is 17.5 Å². The molecule has 3 nitrogen and oxygen atoms in total. The van der Waals surface area contributed by atoms with Gasteiger partial charge < -0.3 is 5.32 Å². The second kappa shape index (κ2) is 9.26. The van der Waals surface area contributed by atoms with Gasteiger partial charge in [-0.2, -0.15) is 11.8 Å². The van der Waals surface area contributed by atoms with Gasteiger partial charge in [-0.1, -0.05) is 60.7 Å². The van der Waals surface area contributed by atoms with Gasteiger partial charge in [0.1, 0.15) is 0 Å². The smallest absolute Gasteiger partial charge is 0.224 e. The van der Waals surface area contributed by atoms with Crippen molar-refractivity contribution in [2.75, 3.05) is 29.9 Å². The Balaban J connectivity index is 1.36. The number of carbonyl (C=O) groups is 1. The summed E-state index contributed by atoms with van der Waals surface area (Å²) in [4.78, 5) is 15.0. The molecule has 4 heteroatoms. The van der Waals surface area contributed by atoms with Crippen LogP contribution in [-0.2, 0) is 17.8 Å². The summed E-state index contributed by atoms with van der Waals surface area (Å²) in [7, 11) is 0. The average Bonchev–Trinajstić information content (AvgIpc) is 2.74. The zero-order valence-corrected chi connectivity index (χ0v) is 16.9. The molecule has 0 bridgehead atoms. The average molecular weight is 391 g/mol. The van der Waals surface area contributed by atoms with E-state index in [-0.39, 0.29) is 5.91 Å². The van der Waals surface area contributed by atoms with Crippen molar-refractivity contribution >= 4 is 34.1 Å². The van der Waals surface area contributed by atoms with Gasteiger partial charge in [0.2, 0.25) is 5.91 Å². The molecule has 0 atom stereocenters. The monoisotopic (exact) mass is 390 g/mol. The molecule has 1 fully saturated rings. The van der Waals surface area contributed by atoms with Crippen LogP contribution in [0.5, 0.6) is 0 Å². The second-order valence-corrected chi connectivity index (χ2v) is 8.50. The molecule has 0 aliphatic carbocycles. The zero-order valence-electron chi connectivity index (χ0n) is 16.1. The number of anilines is 1. The quantitative estimate of drug-likeness (QED) is 0.646. The molecule has 1 amide bonds. The predicted octanol–water partition coefficient (Wildman–Crippen LogP) is 4.96. The first-order chi connectivity index (χ1) is 13.8. The number of rotatable bonds is 6. The lowest BCUT2D eigenvalue weighted by Gasteiger charge is -2.27. The Morgan fingerprint density at radius 3 is 2.54 bits per heavy atom. The second-order valence-electron chi connectivity index (χ2n) is 7.28. The van der Waals surface area contributed by atoms with E-state index in [0.29, 0.717) is 6.42 Å². The molecule has 1 heterocycles. The van der Waals surface area contributed by atoms with Crippen LogP contribution in [-0.4, -0.2) is 35.4 Å². The van der Waals surface area contributed by atoms with Gasteiger partial charge in [-0.3, -0.25) is 9.69 Å². The highest BCUT2D eigenvalue weighted by molar-refractivity contribution is 7.99. The van der Waals surface area contributed by atoms with Crippen LogP contribution >= 0.6 is 11.8 Å². The Morgan fingerprint density at radius 1 is 0.929 bits per heavy atom. The van der Waals surface area contributed by atoms with Crippen molar-refractivity contribution in [2.24, 2.45) is 0 Å². The molecule has 1 aliphatic heterocycles. The van der Waals surface area contributed by atoms with Crippen LogP contribution < -0.4 is 5.32 Å². The van der Waals surface area contributed by atoms with Crippen molar-refractivity contribution in [2.45, 2.75) is 19.4 Å². The molecule has 0 saturated carbocycles. The topological polar surface area (TPSA) is 32.3 Å². The van der Waals surface area contributed by atoms with E-state index in [2.05, 4.69) is 64.8 Å². The van der Waals surface area contributed by atoms with Crippen LogP contribution in [0.15, 0.2) is 66.7 Å². The minimum atomic E-state index is 0.0785. The molecular weight excluding hydrogens is 364 g/mol. The van der Waals surface area contributed by atoms with E-state index in [1.165, 1.54) is 33.4 Å². The summed E-state index contributed by atoms with van der Waals surface area (Å²) in [6.07, 6.45) is 1.25. The maximum Gasteiger partial charge on any atom is 0.224 e. The molecule has 3 aromatic rings. The Morgan fingerprint density at radius 2 is 1.68 bits per heavy atom. The van der Waals surface area contributed by atoms with E-state index in [1.54, 1.807) is 0 Å². The lowest BCUT2D eigenvalue weighted by molar-refractivity contribution is -0.116. The molecule has 0 aromatic heterocycles. The van der Waals surface area contributed by atoms with Crippen molar-refractivity contribution in [3.8, 4) is 0 Å². The van der Waals surface area contributed by atoms with Crippen LogP contribution in [0, 0.1) is 0 Å². The van der Waals surface area contributed by atoms with Gasteiger partial charge in [-0.15, -0.1) is 0 Å². The van der Waals surface area contributed by atoms with Gasteiger partial charge in [0.05, 0.1) is 0 Å². The van der Waals surface area contributed by atoms with E-state index in [1.807, 2.05) is 23.9 Å². The molecule has 144 valence electrons. The minimum Gasteiger partial charge on any atom is -0.326 e. The van der Waals surface area contributed by atoms with Crippen molar-refractivity contribution in [1.29, 1.82) is 0 Å². The molecule has 28 heavy (non-hydrogen) atoms. The minimum absolute atomic E-state index is 0.0785.